The van der Waals surface area contributed by atoms with Crippen LogP contribution in [0.4, 0.5) is 4.39 Å². The van der Waals surface area contributed by atoms with E-state index in [2.05, 4.69) is 18.7 Å². The molecule has 100 valence electrons. The number of hydrogen-bond donors (Lipinski definition) is 1. The normalized spacial score (nSPS) is 27.1. The van der Waals surface area contributed by atoms with Crippen LogP contribution in [0.2, 0.25) is 0 Å². The predicted octanol–water partition coefficient (Wildman–Crippen LogP) is 2.98. The maximum absolute atomic E-state index is 13.6. The van der Waals surface area contributed by atoms with Crippen molar-refractivity contribution in [2.24, 2.45) is 5.92 Å². The zero-order chi connectivity index (χ0) is 13.1. The molecule has 0 radical (unpaired) electrons. The Kier molecular flexibility index (Phi) is 4.36. The van der Waals surface area contributed by atoms with Gasteiger partial charge >= 0.3 is 0 Å². The van der Waals surface area contributed by atoms with E-state index in [0.717, 1.165) is 13.0 Å². The largest absolute Gasteiger partial charge is 0.387 e. The molecule has 0 bridgehead atoms. The van der Waals surface area contributed by atoms with E-state index in [1.165, 1.54) is 12.5 Å². The van der Waals surface area contributed by atoms with Crippen LogP contribution in [-0.4, -0.2) is 29.1 Å². The second-order valence-corrected chi connectivity index (χ2v) is 5.39. The summed E-state index contributed by atoms with van der Waals surface area (Å²) in [6, 6.07) is 6.94. The first-order valence-corrected chi connectivity index (χ1v) is 6.76. The molecule has 1 aliphatic rings. The smallest absolute Gasteiger partial charge is 0.129 e. The lowest BCUT2D eigenvalue weighted by atomic mass is 9.91. The van der Waals surface area contributed by atoms with Crippen LogP contribution in [0.25, 0.3) is 0 Å². The van der Waals surface area contributed by atoms with Crippen LogP contribution in [0.15, 0.2) is 24.3 Å². The van der Waals surface area contributed by atoms with E-state index in [9.17, 15) is 9.50 Å². The number of rotatable bonds is 3. The Balaban J connectivity index is 2.03. The molecule has 1 saturated heterocycles. The molecule has 0 spiro atoms. The molecule has 3 atom stereocenters. The molecule has 2 rings (SSSR count). The summed E-state index contributed by atoms with van der Waals surface area (Å²) in [4.78, 5) is 2.27. The van der Waals surface area contributed by atoms with Crippen molar-refractivity contribution < 1.29 is 9.50 Å². The molecule has 1 heterocycles. The van der Waals surface area contributed by atoms with E-state index < -0.39 is 6.10 Å². The quantitative estimate of drug-likeness (QED) is 0.892. The predicted molar refractivity (Wildman–Crippen MR) is 70.8 cm³/mol. The van der Waals surface area contributed by atoms with Gasteiger partial charge in [-0.15, -0.1) is 0 Å². The van der Waals surface area contributed by atoms with Crippen molar-refractivity contribution in [1.82, 2.24) is 4.90 Å². The van der Waals surface area contributed by atoms with Crippen LogP contribution in [0, 0.1) is 11.7 Å². The zero-order valence-corrected chi connectivity index (χ0v) is 11.1. The van der Waals surface area contributed by atoms with Gasteiger partial charge in [0.2, 0.25) is 0 Å². The molecule has 1 fully saturated rings. The average molecular weight is 251 g/mol. The monoisotopic (exact) mass is 251 g/mol. The van der Waals surface area contributed by atoms with Gasteiger partial charge in [0.05, 0.1) is 6.10 Å². The summed E-state index contributed by atoms with van der Waals surface area (Å²) in [6.45, 7) is 5.95. The molecular formula is C15H22FNO. The maximum atomic E-state index is 13.6. The number of β-amino-alcohol motifs (C(OH)–C–C–N with tert-alkyl or cyclic N) is 1. The summed E-state index contributed by atoms with van der Waals surface area (Å²) < 4.78 is 13.6. The lowest BCUT2D eigenvalue weighted by molar-refractivity contribution is 0.0498. The average Bonchev–Trinajstić information content (AvgIpc) is 2.35. The van der Waals surface area contributed by atoms with Gasteiger partial charge in [0, 0.05) is 18.2 Å². The highest BCUT2D eigenvalue weighted by Crippen LogP contribution is 2.26. The number of aliphatic hydroxyl groups excluding tert-OH is 1. The van der Waals surface area contributed by atoms with Crippen LogP contribution in [-0.2, 0) is 0 Å². The Bertz CT molecular complexity index is 396. The molecule has 2 nitrogen and oxygen atoms in total. The lowest BCUT2D eigenvalue weighted by Gasteiger charge is -2.39. The Morgan fingerprint density at radius 3 is 2.83 bits per heavy atom. The molecule has 0 amide bonds. The molecule has 3 heteroatoms. The Hall–Kier alpha value is -0.930. The Morgan fingerprint density at radius 1 is 1.39 bits per heavy atom. The van der Waals surface area contributed by atoms with Gasteiger partial charge in [-0.1, -0.05) is 25.1 Å². The van der Waals surface area contributed by atoms with Crippen LogP contribution >= 0.6 is 0 Å². The third-order valence-electron chi connectivity index (χ3n) is 4.18. The second-order valence-electron chi connectivity index (χ2n) is 5.39. The first kappa shape index (κ1) is 13.5. The maximum Gasteiger partial charge on any atom is 0.129 e. The summed E-state index contributed by atoms with van der Waals surface area (Å²) in [7, 11) is 0. The molecule has 0 saturated carbocycles. The lowest BCUT2D eigenvalue weighted by Crippen LogP contribution is -2.44. The third kappa shape index (κ3) is 2.90. The van der Waals surface area contributed by atoms with Crippen molar-refractivity contribution in [3.8, 4) is 0 Å². The molecule has 1 N–H and O–H groups in total. The van der Waals surface area contributed by atoms with Gasteiger partial charge in [-0.3, -0.25) is 4.90 Å². The molecule has 1 aliphatic heterocycles. The van der Waals surface area contributed by atoms with E-state index in [1.807, 2.05) is 0 Å². The number of aliphatic hydroxyl groups is 1. The number of benzene rings is 1. The van der Waals surface area contributed by atoms with Crippen LogP contribution in [0.1, 0.15) is 38.4 Å². The molecule has 1 aromatic carbocycles. The molecule has 0 aliphatic carbocycles. The first-order valence-electron chi connectivity index (χ1n) is 6.76. The van der Waals surface area contributed by atoms with E-state index in [0.29, 0.717) is 24.1 Å². The van der Waals surface area contributed by atoms with E-state index in [1.54, 1.807) is 18.2 Å². The molecule has 18 heavy (non-hydrogen) atoms. The van der Waals surface area contributed by atoms with Gasteiger partial charge < -0.3 is 5.11 Å². The minimum Gasteiger partial charge on any atom is -0.387 e. The minimum absolute atomic E-state index is 0.317. The number of likely N-dealkylation sites (tertiary alicyclic amines) is 1. The van der Waals surface area contributed by atoms with Crippen molar-refractivity contribution in [2.75, 3.05) is 13.1 Å². The van der Waals surface area contributed by atoms with E-state index in [-0.39, 0.29) is 5.82 Å². The van der Waals surface area contributed by atoms with Gasteiger partial charge in [-0.05, 0) is 38.3 Å². The Labute approximate surface area is 108 Å². The van der Waals surface area contributed by atoms with E-state index in [4.69, 9.17) is 0 Å². The summed E-state index contributed by atoms with van der Waals surface area (Å²) in [5.74, 6) is 0.328. The van der Waals surface area contributed by atoms with Crippen LogP contribution < -0.4 is 0 Å². The minimum atomic E-state index is -0.737. The summed E-state index contributed by atoms with van der Waals surface area (Å²) in [5.41, 5.74) is 0.405. The number of nitrogens with zero attached hydrogens (tertiary/aromatic N) is 1. The van der Waals surface area contributed by atoms with Gasteiger partial charge in [-0.2, -0.15) is 0 Å². The molecule has 3 unspecified atom stereocenters. The van der Waals surface area contributed by atoms with Crippen molar-refractivity contribution in [3.05, 3.63) is 35.6 Å². The van der Waals surface area contributed by atoms with Gasteiger partial charge in [-0.25, -0.2) is 4.39 Å². The molecule has 1 aromatic rings. The Morgan fingerprint density at radius 2 is 2.11 bits per heavy atom. The van der Waals surface area contributed by atoms with Gasteiger partial charge in [0.15, 0.2) is 0 Å². The first-order chi connectivity index (χ1) is 8.59. The van der Waals surface area contributed by atoms with Crippen molar-refractivity contribution in [1.29, 1.82) is 0 Å². The highest BCUT2D eigenvalue weighted by Gasteiger charge is 2.27. The standard InChI is InChI=1S/C15H22FNO/c1-11-6-5-9-17(12(11)2)10-15(18)13-7-3-4-8-14(13)16/h3-4,7-8,11-12,15,18H,5-6,9-10H2,1-2H3. The third-order valence-corrected chi connectivity index (χ3v) is 4.18. The fourth-order valence-electron chi connectivity index (χ4n) is 2.74. The van der Waals surface area contributed by atoms with E-state index >= 15 is 0 Å². The van der Waals surface area contributed by atoms with Gasteiger partial charge in [0.25, 0.3) is 0 Å². The highest BCUT2D eigenvalue weighted by atomic mass is 19.1. The van der Waals surface area contributed by atoms with Crippen molar-refractivity contribution in [3.63, 3.8) is 0 Å². The summed E-state index contributed by atoms with van der Waals surface area (Å²) >= 11 is 0. The highest BCUT2D eigenvalue weighted by molar-refractivity contribution is 5.20. The number of halogens is 1. The molecular weight excluding hydrogens is 229 g/mol. The number of piperidine rings is 1. The van der Waals surface area contributed by atoms with Crippen molar-refractivity contribution in [2.45, 2.75) is 38.8 Å². The fourth-order valence-corrected chi connectivity index (χ4v) is 2.74. The topological polar surface area (TPSA) is 23.5 Å². The summed E-state index contributed by atoms with van der Waals surface area (Å²) in [5, 5.41) is 10.2. The van der Waals surface area contributed by atoms with Gasteiger partial charge in [0.1, 0.15) is 5.82 Å². The fraction of sp³-hybridized carbons (Fsp3) is 0.600. The zero-order valence-electron chi connectivity index (χ0n) is 11.1. The van der Waals surface area contributed by atoms with Crippen LogP contribution in [0.3, 0.4) is 0 Å². The summed E-state index contributed by atoms with van der Waals surface area (Å²) in [6.07, 6.45) is 1.67. The number of hydrogen-bond acceptors (Lipinski definition) is 2. The van der Waals surface area contributed by atoms with Crippen LogP contribution in [0.5, 0.6) is 0 Å². The second kappa shape index (κ2) is 5.81. The molecule has 0 aromatic heterocycles. The SMILES string of the molecule is CC1CCCN(CC(O)c2ccccc2F)C1C. The van der Waals surface area contributed by atoms with Crippen molar-refractivity contribution >= 4 is 0 Å².